The molecule has 0 aliphatic carbocycles. The predicted molar refractivity (Wildman–Crippen MR) is 53.3 cm³/mol. The van der Waals surface area contributed by atoms with Crippen molar-refractivity contribution < 1.29 is 19.8 Å². The topological polar surface area (TPSA) is 77.8 Å². The minimum atomic E-state index is -1.44. The molecule has 0 saturated carbocycles. The Labute approximate surface area is 88.7 Å². The fourth-order valence-corrected chi connectivity index (χ4v) is 1.79. The zero-order chi connectivity index (χ0) is 11.5. The van der Waals surface area contributed by atoms with Gasteiger partial charge >= 0.3 is 5.97 Å². The third-order valence-electron chi connectivity index (χ3n) is 2.52. The van der Waals surface area contributed by atoms with E-state index in [0.29, 0.717) is 0 Å². The highest BCUT2D eigenvalue weighted by Gasteiger charge is 2.30. The van der Waals surface area contributed by atoms with Crippen LogP contribution < -0.4 is 0 Å². The predicted octanol–water partition coefficient (Wildman–Crippen LogP) is 0.225. The first kappa shape index (κ1) is 12.0. The van der Waals surface area contributed by atoms with Crippen molar-refractivity contribution >= 4 is 11.9 Å². The second-order valence-corrected chi connectivity index (χ2v) is 4.33. The lowest BCUT2D eigenvalue weighted by Crippen LogP contribution is -2.37. The molecule has 1 amide bonds. The van der Waals surface area contributed by atoms with Gasteiger partial charge in [0, 0.05) is 13.1 Å². The van der Waals surface area contributed by atoms with Gasteiger partial charge in [-0.15, -0.1) is 0 Å². The molecule has 86 valence electrons. The number of carbonyl (C=O) groups excluding carboxylic acids is 1. The Kier molecular flexibility index (Phi) is 3.68. The second kappa shape index (κ2) is 4.61. The van der Waals surface area contributed by atoms with Crippen LogP contribution in [0.2, 0.25) is 0 Å². The number of carboxylic acids is 1. The molecule has 1 fully saturated rings. The first-order valence-corrected chi connectivity index (χ1v) is 5.13. The van der Waals surface area contributed by atoms with Gasteiger partial charge in [-0.05, 0) is 19.8 Å². The summed E-state index contributed by atoms with van der Waals surface area (Å²) in [5.41, 5.74) is -1.44. The Balaban J connectivity index is 2.44. The first-order valence-electron chi connectivity index (χ1n) is 5.13. The van der Waals surface area contributed by atoms with Crippen molar-refractivity contribution in [2.24, 2.45) is 0 Å². The van der Waals surface area contributed by atoms with Crippen molar-refractivity contribution in [2.75, 3.05) is 13.1 Å². The quantitative estimate of drug-likeness (QED) is 0.703. The van der Waals surface area contributed by atoms with E-state index in [1.807, 2.05) is 0 Å². The molecule has 1 aliphatic rings. The van der Waals surface area contributed by atoms with Gasteiger partial charge in [0.15, 0.2) is 0 Å². The molecule has 0 bridgehead atoms. The largest absolute Gasteiger partial charge is 0.481 e. The molecular weight excluding hydrogens is 198 g/mol. The number of nitrogens with zero attached hydrogens (tertiary/aromatic N) is 1. The summed E-state index contributed by atoms with van der Waals surface area (Å²) in [7, 11) is 0. The van der Waals surface area contributed by atoms with Gasteiger partial charge in [-0.25, -0.2) is 0 Å². The molecule has 1 rings (SSSR count). The summed E-state index contributed by atoms with van der Waals surface area (Å²) < 4.78 is 0. The Morgan fingerprint density at radius 1 is 1.27 bits per heavy atom. The third kappa shape index (κ3) is 3.87. The number of aliphatic hydroxyl groups is 1. The molecule has 0 aromatic carbocycles. The molecule has 1 aliphatic heterocycles. The minimum absolute atomic E-state index is 0.112. The SMILES string of the molecule is C[C@@](O)(CC(=O)O)CC(=O)N1CCCC1. The van der Waals surface area contributed by atoms with E-state index in [4.69, 9.17) is 5.11 Å². The molecule has 0 aromatic heterocycles. The maximum Gasteiger partial charge on any atom is 0.306 e. The first-order chi connectivity index (χ1) is 6.91. The summed E-state index contributed by atoms with van der Waals surface area (Å²) in [5, 5.41) is 18.2. The fourth-order valence-electron chi connectivity index (χ4n) is 1.79. The highest BCUT2D eigenvalue weighted by Crippen LogP contribution is 2.18. The van der Waals surface area contributed by atoms with Crippen molar-refractivity contribution in [3.05, 3.63) is 0 Å². The van der Waals surface area contributed by atoms with Crippen molar-refractivity contribution in [3.8, 4) is 0 Å². The van der Waals surface area contributed by atoms with Gasteiger partial charge < -0.3 is 15.1 Å². The molecule has 1 heterocycles. The normalized spacial score (nSPS) is 20.0. The molecule has 1 saturated heterocycles. The van der Waals surface area contributed by atoms with Crippen LogP contribution in [0.3, 0.4) is 0 Å². The average molecular weight is 215 g/mol. The number of carboxylic acid groups (broad SMARTS) is 1. The standard InChI is InChI=1S/C10H17NO4/c1-10(15,7-9(13)14)6-8(12)11-4-2-3-5-11/h15H,2-7H2,1H3,(H,13,14)/t10-/m0/s1. The van der Waals surface area contributed by atoms with E-state index in [1.54, 1.807) is 4.90 Å². The van der Waals surface area contributed by atoms with E-state index in [0.717, 1.165) is 25.9 Å². The molecule has 5 nitrogen and oxygen atoms in total. The Morgan fingerprint density at radius 3 is 2.27 bits per heavy atom. The van der Waals surface area contributed by atoms with Crippen molar-refractivity contribution in [2.45, 2.75) is 38.2 Å². The summed E-state index contributed by atoms with van der Waals surface area (Å²) in [4.78, 5) is 23.7. The Bertz CT molecular complexity index is 256. The fraction of sp³-hybridized carbons (Fsp3) is 0.800. The summed E-state index contributed by atoms with van der Waals surface area (Å²) in [6.07, 6.45) is 1.48. The molecule has 5 heteroatoms. The number of carbonyl (C=O) groups is 2. The van der Waals surface area contributed by atoms with Crippen molar-refractivity contribution in [1.82, 2.24) is 4.90 Å². The summed E-state index contributed by atoms with van der Waals surface area (Å²) in [6.45, 7) is 2.83. The number of hydrogen-bond acceptors (Lipinski definition) is 3. The zero-order valence-corrected chi connectivity index (χ0v) is 8.90. The molecule has 1 atom stereocenters. The number of hydrogen-bond donors (Lipinski definition) is 2. The average Bonchev–Trinajstić information content (AvgIpc) is 2.50. The number of likely N-dealkylation sites (tertiary alicyclic amines) is 1. The van der Waals surface area contributed by atoms with Crippen molar-refractivity contribution in [1.29, 1.82) is 0 Å². The van der Waals surface area contributed by atoms with Gasteiger partial charge in [-0.1, -0.05) is 0 Å². The molecule has 0 radical (unpaired) electrons. The maximum atomic E-state index is 11.6. The highest BCUT2D eigenvalue weighted by atomic mass is 16.4. The molecule has 2 N–H and O–H groups in total. The van der Waals surface area contributed by atoms with E-state index >= 15 is 0 Å². The van der Waals surface area contributed by atoms with E-state index in [-0.39, 0.29) is 12.3 Å². The van der Waals surface area contributed by atoms with Gasteiger partial charge in [0.05, 0.1) is 18.4 Å². The van der Waals surface area contributed by atoms with E-state index in [1.165, 1.54) is 6.92 Å². The van der Waals surface area contributed by atoms with E-state index in [2.05, 4.69) is 0 Å². The smallest absolute Gasteiger partial charge is 0.306 e. The van der Waals surface area contributed by atoms with E-state index < -0.39 is 18.0 Å². The highest BCUT2D eigenvalue weighted by molar-refractivity contribution is 5.78. The number of aliphatic carboxylic acids is 1. The molecule has 0 aromatic rings. The van der Waals surface area contributed by atoms with E-state index in [9.17, 15) is 14.7 Å². The summed E-state index contributed by atoms with van der Waals surface area (Å²) in [6, 6.07) is 0. The van der Waals surface area contributed by atoms with Crippen LogP contribution in [0.1, 0.15) is 32.6 Å². The summed E-state index contributed by atoms with van der Waals surface area (Å²) >= 11 is 0. The molecule has 15 heavy (non-hydrogen) atoms. The van der Waals surface area contributed by atoms with Crippen molar-refractivity contribution in [3.63, 3.8) is 0 Å². The lowest BCUT2D eigenvalue weighted by atomic mass is 9.97. The third-order valence-corrected chi connectivity index (χ3v) is 2.52. The van der Waals surface area contributed by atoms with Crippen LogP contribution in [0.5, 0.6) is 0 Å². The maximum absolute atomic E-state index is 11.6. The van der Waals surface area contributed by atoms with Gasteiger partial charge in [-0.3, -0.25) is 9.59 Å². The second-order valence-electron chi connectivity index (χ2n) is 4.33. The van der Waals surface area contributed by atoms with Crippen LogP contribution in [0.4, 0.5) is 0 Å². The molecule has 0 unspecified atom stereocenters. The lowest BCUT2D eigenvalue weighted by molar-refractivity contribution is -0.144. The zero-order valence-electron chi connectivity index (χ0n) is 8.90. The van der Waals surface area contributed by atoms with Crippen LogP contribution in [0.15, 0.2) is 0 Å². The van der Waals surface area contributed by atoms with Crippen LogP contribution >= 0.6 is 0 Å². The van der Waals surface area contributed by atoms with Crippen LogP contribution in [-0.2, 0) is 9.59 Å². The van der Waals surface area contributed by atoms with Gasteiger partial charge in [0.1, 0.15) is 0 Å². The Morgan fingerprint density at radius 2 is 1.80 bits per heavy atom. The van der Waals surface area contributed by atoms with Gasteiger partial charge in [0.25, 0.3) is 0 Å². The molecule has 0 spiro atoms. The summed E-state index contributed by atoms with van der Waals surface area (Å²) in [5.74, 6) is -1.24. The minimum Gasteiger partial charge on any atom is -0.481 e. The van der Waals surface area contributed by atoms with Crippen LogP contribution in [0.25, 0.3) is 0 Å². The Hall–Kier alpha value is -1.10. The van der Waals surface area contributed by atoms with Crippen LogP contribution in [0, 0.1) is 0 Å². The lowest BCUT2D eigenvalue weighted by Gasteiger charge is -2.24. The van der Waals surface area contributed by atoms with Crippen LogP contribution in [-0.4, -0.2) is 45.7 Å². The van der Waals surface area contributed by atoms with Gasteiger partial charge in [-0.2, -0.15) is 0 Å². The number of amides is 1. The number of rotatable bonds is 4. The molecular formula is C10H17NO4. The monoisotopic (exact) mass is 215 g/mol. The van der Waals surface area contributed by atoms with Gasteiger partial charge in [0.2, 0.25) is 5.91 Å².